The highest BCUT2D eigenvalue weighted by molar-refractivity contribution is 5.27. The van der Waals surface area contributed by atoms with Gasteiger partial charge in [0.2, 0.25) is 0 Å². The van der Waals surface area contributed by atoms with E-state index >= 15 is 0 Å². The Kier molecular flexibility index (Phi) is 0.839. The van der Waals surface area contributed by atoms with Crippen LogP contribution in [-0.4, -0.2) is 0 Å². The number of rotatable bonds is 0. The molecule has 0 aliphatic heterocycles. The Morgan fingerprint density at radius 1 is 1.00 bits per heavy atom. The van der Waals surface area contributed by atoms with Gasteiger partial charge in [0, 0.05) is 4.11 Å². The molecule has 48 valence electrons. The van der Waals surface area contributed by atoms with Crippen molar-refractivity contribution in [2.24, 2.45) is 0 Å². The van der Waals surface area contributed by atoms with Crippen molar-refractivity contribution in [3.8, 4) is 0 Å². The van der Waals surface area contributed by atoms with Crippen LogP contribution in [0.5, 0.6) is 0 Å². The predicted octanol–water partition coefficient (Wildman–Crippen LogP) is 2.61. The quantitative estimate of drug-likeness (QED) is 0.497. The van der Waals surface area contributed by atoms with Crippen molar-refractivity contribution in [1.82, 2.24) is 0 Å². The van der Waals surface area contributed by atoms with Crippen LogP contribution in [0.2, 0.25) is 0 Å². The molecule has 0 amide bonds. The molecule has 0 spiro atoms. The summed E-state index contributed by atoms with van der Waals surface area (Å²) < 4.78 is 21.6. The van der Waals surface area contributed by atoms with E-state index in [-0.39, 0.29) is 0 Å². The van der Waals surface area contributed by atoms with Crippen LogP contribution in [0.15, 0.2) is 18.2 Å². The number of hydrogen-bond donors (Lipinski definition) is 0. The van der Waals surface area contributed by atoms with E-state index in [9.17, 15) is 0 Å². The van der Waals surface area contributed by atoms with Crippen LogP contribution in [0.4, 0.5) is 0 Å². The van der Waals surface area contributed by atoms with E-state index < -0.39 is 6.85 Å². The van der Waals surface area contributed by atoms with Gasteiger partial charge in [0.1, 0.15) is 0 Å². The molecule has 0 aromatic heterocycles. The summed E-state index contributed by atoms with van der Waals surface area (Å²) in [4.78, 5) is 0. The maximum atomic E-state index is 7.20. The van der Waals surface area contributed by atoms with Crippen molar-refractivity contribution < 1.29 is 4.11 Å². The maximum Gasteiger partial charge on any atom is 0.0280 e. The Morgan fingerprint density at radius 2 is 1.44 bits per heavy atom. The molecule has 0 N–H and O–H groups in total. The summed E-state index contributed by atoms with van der Waals surface area (Å²) in [6.07, 6.45) is 0. The Bertz CT molecular complexity index is 266. The highest BCUT2D eigenvalue weighted by atomic mass is 13.9. The van der Waals surface area contributed by atoms with Crippen molar-refractivity contribution in [1.29, 1.82) is 0 Å². The summed E-state index contributed by atoms with van der Waals surface area (Å²) >= 11 is 0. The molecule has 0 atom stereocenters. The van der Waals surface area contributed by atoms with Crippen LogP contribution in [-0.2, 0) is 0 Å². The van der Waals surface area contributed by atoms with Crippen LogP contribution in [0.3, 0.4) is 0 Å². The molecule has 0 heterocycles. The highest BCUT2D eigenvalue weighted by Gasteiger charge is 1.87. The monoisotopic (exact) mass is 123 g/mol. The molecule has 0 fully saturated rings. The summed E-state index contributed by atoms with van der Waals surface area (Å²) in [5, 5.41) is 0. The van der Waals surface area contributed by atoms with Crippen molar-refractivity contribution in [2.45, 2.75) is 20.7 Å². The zero-order valence-electron chi connectivity index (χ0n) is 8.73. The van der Waals surface area contributed by atoms with E-state index in [1.807, 2.05) is 19.9 Å². The van der Waals surface area contributed by atoms with Gasteiger partial charge in [-0.1, -0.05) is 34.9 Å². The minimum Gasteiger partial charge on any atom is -0.0564 e. The van der Waals surface area contributed by atoms with Crippen molar-refractivity contribution in [3.63, 3.8) is 0 Å². The second kappa shape index (κ2) is 2.22. The fourth-order valence-electron chi connectivity index (χ4n) is 0.975. The molecular weight excluding hydrogens is 108 g/mol. The van der Waals surface area contributed by atoms with Gasteiger partial charge in [-0.05, 0) is 20.7 Å². The van der Waals surface area contributed by atoms with Gasteiger partial charge in [-0.15, -0.1) is 0 Å². The zero-order valence-corrected chi connectivity index (χ0v) is 5.73. The number of hydrogen-bond acceptors (Lipinski definition) is 0. The van der Waals surface area contributed by atoms with Crippen molar-refractivity contribution in [2.75, 3.05) is 0 Å². The minimum absolute atomic E-state index is 0.431. The van der Waals surface area contributed by atoms with E-state index in [1.165, 1.54) is 0 Å². The molecule has 0 radical (unpaired) electrons. The van der Waals surface area contributed by atoms with Crippen LogP contribution < -0.4 is 0 Å². The summed E-state index contributed by atoms with van der Waals surface area (Å²) in [6.45, 7) is 1.83. The highest BCUT2D eigenvalue weighted by Crippen LogP contribution is 2.06. The minimum atomic E-state index is -1.98. The van der Waals surface area contributed by atoms with E-state index in [0.717, 1.165) is 11.1 Å². The fourth-order valence-corrected chi connectivity index (χ4v) is 0.975. The Balaban J connectivity index is 3.18. The second-order valence-electron chi connectivity index (χ2n) is 2.38. The summed E-state index contributed by atoms with van der Waals surface area (Å²) in [6, 6.07) is 5.38. The first-order valence-electron chi connectivity index (χ1n) is 4.48. The molecular formula is C9H12. The molecule has 0 bridgehead atoms. The molecule has 0 saturated carbocycles. The third-order valence-electron chi connectivity index (χ3n) is 1.22. The predicted molar refractivity (Wildman–Crippen MR) is 40.7 cm³/mol. The average molecular weight is 123 g/mol. The normalized spacial score (nSPS) is 16.0. The molecule has 1 aromatic carbocycles. The molecule has 0 nitrogen and oxygen atoms in total. The lowest BCUT2D eigenvalue weighted by Gasteiger charge is -1.96. The molecule has 0 aliphatic rings. The first kappa shape index (κ1) is 3.40. The average Bonchev–Trinajstić information content (AvgIpc) is 1.82. The molecule has 1 rings (SSSR count). The largest absolute Gasteiger partial charge is 0.0564 e. The van der Waals surface area contributed by atoms with Crippen LogP contribution in [0.25, 0.3) is 0 Å². The van der Waals surface area contributed by atoms with Crippen LogP contribution >= 0.6 is 0 Å². The number of aryl methyl sites for hydroxylation is 3. The molecule has 0 aliphatic carbocycles. The van der Waals surface area contributed by atoms with Crippen molar-refractivity contribution in [3.05, 3.63) is 34.9 Å². The Morgan fingerprint density at radius 3 is 1.89 bits per heavy atom. The zero-order chi connectivity index (χ0) is 9.35. The molecule has 0 unspecified atom stereocenters. The first-order chi connectivity index (χ1) is 5.39. The van der Waals surface area contributed by atoms with Crippen LogP contribution in [0.1, 0.15) is 20.8 Å². The lowest BCUT2D eigenvalue weighted by Crippen LogP contribution is -1.78. The third kappa shape index (κ3) is 1.56. The van der Waals surface area contributed by atoms with Crippen molar-refractivity contribution >= 4 is 0 Å². The molecule has 0 heteroatoms. The fraction of sp³-hybridized carbons (Fsp3) is 0.333. The lowest BCUT2D eigenvalue weighted by molar-refractivity contribution is 1.32. The Labute approximate surface area is 60.7 Å². The lowest BCUT2D eigenvalue weighted by atomic mass is 10.1. The maximum absolute atomic E-state index is 7.20. The second-order valence-corrected chi connectivity index (χ2v) is 2.38. The van der Waals surface area contributed by atoms with Gasteiger partial charge in [0.25, 0.3) is 0 Å². The van der Waals surface area contributed by atoms with Gasteiger partial charge in [0.15, 0.2) is 0 Å². The van der Waals surface area contributed by atoms with Gasteiger partial charge < -0.3 is 0 Å². The van der Waals surface area contributed by atoms with Gasteiger partial charge in [0.05, 0.1) is 0 Å². The third-order valence-corrected chi connectivity index (χ3v) is 1.22. The topological polar surface area (TPSA) is 0 Å². The molecule has 9 heavy (non-hydrogen) atoms. The summed E-state index contributed by atoms with van der Waals surface area (Å²) in [5.41, 5.74) is 2.43. The van der Waals surface area contributed by atoms with E-state index in [1.54, 1.807) is 12.1 Å². The van der Waals surface area contributed by atoms with E-state index in [2.05, 4.69) is 0 Å². The first-order valence-corrected chi connectivity index (χ1v) is 2.98. The van der Waals surface area contributed by atoms with Gasteiger partial charge in [-0.25, -0.2) is 0 Å². The SMILES string of the molecule is [2H]C([2H])([2H])c1cc(C)cc(C)c1. The Hall–Kier alpha value is -0.780. The number of benzene rings is 1. The van der Waals surface area contributed by atoms with Gasteiger partial charge >= 0.3 is 0 Å². The smallest absolute Gasteiger partial charge is 0.0280 e. The molecule has 0 saturated heterocycles. The van der Waals surface area contributed by atoms with Gasteiger partial charge in [-0.2, -0.15) is 0 Å². The summed E-state index contributed by atoms with van der Waals surface area (Å²) in [5.74, 6) is 0. The van der Waals surface area contributed by atoms with Gasteiger partial charge in [-0.3, -0.25) is 0 Å². The van der Waals surface area contributed by atoms with E-state index in [0.29, 0.717) is 5.56 Å². The van der Waals surface area contributed by atoms with E-state index in [4.69, 9.17) is 4.11 Å². The molecule has 1 aromatic rings. The standard InChI is InChI=1S/C9H12/c1-7-4-8(2)6-9(3)5-7/h4-6H,1-3H3/i1D3. The van der Waals surface area contributed by atoms with Crippen LogP contribution in [0, 0.1) is 20.7 Å². The summed E-state index contributed by atoms with van der Waals surface area (Å²) in [7, 11) is 0.